The highest BCUT2D eigenvalue weighted by atomic mass is 35.5. The Morgan fingerprint density at radius 1 is 1.03 bits per heavy atom. The van der Waals surface area contributed by atoms with Crippen LogP contribution in [0.5, 0.6) is 5.75 Å². The lowest BCUT2D eigenvalue weighted by atomic mass is 10.3. The zero-order chi connectivity index (χ0) is 21.9. The predicted molar refractivity (Wildman–Crippen MR) is 113 cm³/mol. The number of furan rings is 1. The molecule has 0 radical (unpaired) electrons. The smallest absolute Gasteiger partial charge is 0.373 e. The number of carbonyl (C=O) groups excluding carboxylic acids is 1. The van der Waals surface area contributed by atoms with Crippen LogP contribution in [-0.4, -0.2) is 28.6 Å². The number of halogens is 2. The highest BCUT2D eigenvalue weighted by molar-refractivity contribution is 7.92. The maximum atomic E-state index is 13.5. The van der Waals surface area contributed by atoms with Gasteiger partial charge in [0.15, 0.2) is 0 Å². The standard InChI is InChI=1S/C20H17Cl2NO6S/c1-27-18-6-4-3-5-17(18)23(12-13-7-10-19(29-13)20(24)28-2)30(25,26)14-8-9-15(21)16(22)11-14/h3-11H,12H2,1-2H3. The first-order valence-corrected chi connectivity index (χ1v) is 10.8. The van der Waals surface area contributed by atoms with Crippen LogP contribution in [0.15, 0.2) is 63.9 Å². The first kappa shape index (κ1) is 22.0. The third kappa shape index (κ3) is 4.40. The fourth-order valence-electron chi connectivity index (χ4n) is 2.71. The highest BCUT2D eigenvalue weighted by Gasteiger charge is 2.29. The number of hydrogen-bond donors (Lipinski definition) is 0. The minimum Gasteiger partial charge on any atom is -0.495 e. The molecule has 1 aromatic heterocycles. The van der Waals surface area contributed by atoms with Crippen molar-refractivity contribution in [1.29, 1.82) is 0 Å². The van der Waals surface area contributed by atoms with Crippen LogP contribution in [0.3, 0.4) is 0 Å². The van der Waals surface area contributed by atoms with E-state index >= 15 is 0 Å². The van der Waals surface area contributed by atoms with Crippen LogP contribution >= 0.6 is 23.2 Å². The molecule has 0 spiro atoms. The molecular formula is C20H17Cl2NO6S. The second-order valence-electron chi connectivity index (χ2n) is 6.02. The van der Waals surface area contributed by atoms with E-state index < -0.39 is 16.0 Å². The molecule has 158 valence electrons. The average molecular weight is 470 g/mol. The van der Waals surface area contributed by atoms with Gasteiger partial charge in [0.25, 0.3) is 10.0 Å². The van der Waals surface area contributed by atoms with Crippen LogP contribution < -0.4 is 9.04 Å². The van der Waals surface area contributed by atoms with Crippen molar-refractivity contribution in [3.05, 3.63) is 76.2 Å². The van der Waals surface area contributed by atoms with Gasteiger partial charge in [-0.05, 0) is 42.5 Å². The maximum Gasteiger partial charge on any atom is 0.373 e. The Bertz CT molecular complexity index is 1180. The van der Waals surface area contributed by atoms with Crippen molar-refractivity contribution < 1.29 is 27.1 Å². The number of nitrogens with zero attached hydrogens (tertiary/aromatic N) is 1. The summed E-state index contributed by atoms with van der Waals surface area (Å²) in [4.78, 5) is 11.6. The summed E-state index contributed by atoms with van der Waals surface area (Å²) in [7, 11) is -1.45. The van der Waals surface area contributed by atoms with Crippen molar-refractivity contribution in [2.24, 2.45) is 0 Å². The molecule has 0 saturated heterocycles. The number of methoxy groups -OCH3 is 2. The summed E-state index contributed by atoms with van der Waals surface area (Å²) in [5, 5.41) is 0.330. The van der Waals surface area contributed by atoms with E-state index in [-0.39, 0.29) is 38.7 Å². The molecule has 1 heterocycles. The van der Waals surface area contributed by atoms with Gasteiger partial charge in [0.05, 0.1) is 41.4 Å². The van der Waals surface area contributed by atoms with Gasteiger partial charge < -0.3 is 13.9 Å². The van der Waals surface area contributed by atoms with Crippen molar-refractivity contribution in [3.8, 4) is 5.75 Å². The Kier molecular flexibility index (Phi) is 6.60. The number of sulfonamides is 1. The summed E-state index contributed by atoms with van der Waals surface area (Å²) in [6.45, 7) is -0.208. The fraction of sp³-hybridized carbons (Fsp3) is 0.150. The third-order valence-corrected chi connectivity index (χ3v) is 6.68. The number of para-hydroxylation sites is 2. The minimum absolute atomic E-state index is 0.0422. The second-order valence-corrected chi connectivity index (χ2v) is 8.69. The number of carbonyl (C=O) groups is 1. The van der Waals surface area contributed by atoms with Gasteiger partial charge in [-0.15, -0.1) is 0 Å². The summed E-state index contributed by atoms with van der Waals surface area (Å²) in [5.74, 6) is -0.150. The molecule has 0 unspecified atom stereocenters. The summed E-state index contributed by atoms with van der Waals surface area (Å²) in [6.07, 6.45) is 0. The molecule has 0 atom stereocenters. The minimum atomic E-state index is -4.11. The van der Waals surface area contributed by atoms with Gasteiger partial charge in [-0.25, -0.2) is 13.2 Å². The monoisotopic (exact) mass is 469 g/mol. The van der Waals surface area contributed by atoms with Crippen LogP contribution in [0.1, 0.15) is 16.3 Å². The number of anilines is 1. The van der Waals surface area contributed by atoms with E-state index in [9.17, 15) is 13.2 Å². The quantitative estimate of drug-likeness (QED) is 0.462. The van der Waals surface area contributed by atoms with Gasteiger partial charge in [-0.2, -0.15) is 0 Å². The first-order chi connectivity index (χ1) is 14.3. The van der Waals surface area contributed by atoms with Crippen molar-refractivity contribution in [3.63, 3.8) is 0 Å². The Hall–Kier alpha value is -2.68. The van der Waals surface area contributed by atoms with Crippen LogP contribution in [0.4, 0.5) is 5.69 Å². The lowest BCUT2D eigenvalue weighted by Gasteiger charge is -2.25. The molecule has 2 aromatic carbocycles. The van der Waals surface area contributed by atoms with E-state index in [1.54, 1.807) is 24.3 Å². The van der Waals surface area contributed by atoms with E-state index in [4.69, 9.17) is 32.4 Å². The molecule has 0 N–H and O–H groups in total. The van der Waals surface area contributed by atoms with Crippen LogP contribution in [0.2, 0.25) is 10.0 Å². The van der Waals surface area contributed by atoms with Gasteiger partial charge in [0, 0.05) is 0 Å². The largest absolute Gasteiger partial charge is 0.495 e. The second kappa shape index (κ2) is 8.99. The van der Waals surface area contributed by atoms with E-state index in [0.717, 1.165) is 4.31 Å². The molecule has 7 nitrogen and oxygen atoms in total. The zero-order valence-electron chi connectivity index (χ0n) is 16.0. The number of benzene rings is 2. The van der Waals surface area contributed by atoms with Gasteiger partial charge >= 0.3 is 5.97 Å². The van der Waals surface area contributed by atoms with Crippen molar-refractivity contribution in [2.75, 3.05) is 18.5 Å². The summed E-state index contributed by atoms with van der Waals surface area (Å²) >= 11 is 12.0. The number of hydrogen-bond acceptors (Lipinski definition) is 6. The predicted octanol–water partition coefficient (Wildman–Crippen LogP) is 4.78. The molecule has 0 aliphatic carbocycles. The Morgan fingerprint density at radius 3 is 2.43 bits per heavy atom. The number of esters is 1. The SMILES string of the molecule is COC(=O)c1ccc(CN(c2ccccc2OC)S(=O)(=O)c2ccc(Cl)c(Cl)c2)o1. The molecule has 0 aliphatic rings. The molecule has 3 aromatic rings. The van der Waals surface area contributed by atoms with Crippen LogP contribution in [0, 0.1) is 0 Å². The van der Waals surface area contributed by atoms with Gasteiger partial charge in [-0.1, -0.05) is 35.3 Å². The van der Waals surface area contributed by atoms with E-state index in [0.29, 0.717) is 5.75 Å². The molecule has 10 heteroatoms. The van der Waals surface area contributed by atoms with Gasteiger partial charge in [0.1, 0.15) is 11.5 Å². The molecule has 0 saturated carbocycles. The number of ether oxygens (including phenoxy) is 2. The molecule has 0 fully saturated rings. The zero-order valence-corrected chi connectivity index (χ0v) is 18.3. The van der Waals surface area contributed by atoms with Crippen molar-refractivity contribution in [2.45, 2.75) is 11.4 Å². The van der Waals surface area contributed by atoms with Gasteiger partial charge in [0.2, 0.25) is 5.76 Å². The Morgan fingerprint density at radius 2 is 1.77 bits per heavy atom. The molecule has 0 bridgehead atoms. The van der Waals surface area contributed by atoms with E-state index in [1.165, 1.54) is 44.6 Å². The highest BCUT2D eigenvalue weighted by Crippen LogP contribution is 2.35. The molecule has 3 rings (SSSR count). The van der Waals surface area contributed by atoms with E-state index in [1.807, 2.05) is 0 Å². The summed E-state index contributed by atoms with van der Waals surface area (Å²) in [5.41, 5.74) is 0.280. The average Bonchev–Trinajstić information content (AvgIpc) is 3.22. The molecular weight excluding hydrogens is 453 g/mol. The Balaban J connectivity index is 2.11. The topological polar surface area (TPSA) is 86.0 Å². The molecule has 30 heavy (non-hydrogen) atoms. The number of rotatable bonds is 7. The first-order valence-electron chi connectivity index (χ1n) is 8.55. The van der Waals surface area contributed by atoms with Crippen LogP contribution in [-0.2, 0) is 21.3 Å². The van der Waals surface area contributed by atoms with Crippen molar-refractivity contribution in [1.82, 2.24) is 0 Å². The summed E-state index contributed by atoms with van der Waals surface area (Å²) in [6, 6.07) is 13.6. The molecule has 0 amide bonds. The lowest BCUT2D eigenvalue weighted by Crippen LogP contribution is -2.30. The maximum absolute atomic E-state index is 13.5. The molecule has 0 aliphatic heterocycles. The lowest BCUT2D eigenvalue weighted by molar-refractivity contribution is 0.0563. The fourth-order valence-corrected chi connectivity index (χ4v) is 4.55. The van der Waals surface area contributed by atoms with E-state index in [2.05, 4.69) is 4.74 Å². The summed E-state index contributed by atoms with van der Waals surface area (Å²) < 4.78 is 43.5. The third-order valence-electron chi connectivity index (χ3n) is 4.18. The normalized spacial score (nSPS) is 11.2. The van der Waals surface area contributed by atoms with Crippen LogP contribution in [0.25, 0.3) is 0 Å². The van der Waals surface area contributed by atoms with Gasteiger partial charge in [-0.3, -0.25) is 4.31 Å². The Labute approximate surface area is 183 Å². The van der Waals surface area contributed by atoms with Crippen molar-refractivity contribution >= 4 is 44.9 Å².